The van der Waals surface area contributed by atoms with Crippen molar-refractivity contribution in [3.8, 4) is 0 Å². The fraction of sp³-hybridized carbons (Fsp3) is 0.316. The van der Waals surface area contributed by atoms with Gasteiger partial charge in [-0.3, -0.25) is 9.88 Å². The van der Waals surface area contributed by atoms with Gasteiger partial charge in [-0.2, -0.15) is 0 Å². The minimum Gasteiger partial charge on any atom is -0.459 e. The first kappa shape index (κ1) is 15.7. The number of pyridine rings is 1. The van der Waals surface area contributed by atoms with E-state index < -0.39 is 0 Å². The van der Waals surface area contributed by atoms with Crippen LogP contribution in [0.1, 0.15) is 23.1 Å². The number of para-hydroxylation sites is 1. The summed E-state index contributed by atoms with van der Waals surface area (Å²) >= 11 is 0. The van der Waals surface area contributed by atoms with Crippen molar-refractivity contribution in [3.63, 3.8) is 0 Å². The first-order valence-corrected chi connectivity index (χ1v) is 7.78. The third-order valence-electron chi connectivity index (χ3n) is 4.22. The molecule has 0 spiro atoms. The zero-order valence-corrected chi connectivity index (χ0v) is 13.8. The Balaban J connectivity index is 1.85. The summed E-state index contributed by atoms with van der Waals surface area (Å²) in [6, 6.07) is 14.2. The van der Waals surface area contributed by atoms with Crippen LogP contribution in [0.2, 0.25) is 0 Å². The second-order valence-corrected chi connectivity index (χ2v) is 5.79. The van der Waals surface area contributed by atoms with Gasteiger partial charge in [0.25, 0.3) is 0 Å². The summed E-state index contributed by atoms with van der Waals surface area (Å²) in [5.41, 5.74) is 3.14. The Morgan fingerprint density at radius 1 is 1.17 bits per heavy atom. The Labute approximate surface area is 136 Å². The number of hydrogen-bond acceptors (Lipinski definition) is 4. The highest BCUT2D eigenvalue weighted by Gasteiger charge is 2.21. The highest BCUT2D eigenvalue weighted by Crippen LogP contribution is 2.28. The first-order chi connectivity index (χ1) is 11.2. The minimum absolute atomic E-state index is 0.0915. The van der Waals surface area contributed by atoms with Gasteiger partial charge in [-0.15, -0.1) is 0 Å². The number of rotatable bonds is 6. The summed E-state index contributed by atoms with van der Waals surface area (Å²) in [6.07, 6.45) is 1.82. The molecule has 1 unspecified atom stereocenters. The molecule has 0 bridgehead atoms. The molecule has 1 aromatic carbocycles. The number of benzene rings is 1. The SMILES string of the molecule is COCC(c1ccccn1)N(C)Cc1oc2ccccc2c1C. The topological polar surface area (TPSA) is 38.5 Å². The summed E-state index contributed by atoms with van der Waals surface area (Å²) in [5.74, 6) is 0.991. The van der Waals surface area contributed by atoms with Crippen LogP contribution in [0.25, 0.3) is 11.0 Å². The summed E-state index contributed by atoms with van der Waals surface area (Å²) in [5, 5.41) is 1.18. The maximum absolute atomic E-state index is 6.03. The fourth-order valence-electron chi connectivity index (χ4n) is 2.88. The lowest BCUT2D eigenvalue weighted by molar-refractivity contribution is 0.0960. The number of hydrogen-bond donors (Lipinski definition) is 0. The maximum atomic E-state index is 6.03. The van der Waals surface area contributed by atoms with E-state index in [4.69, 9.17) is 9.15 Å². The first-order valence-electron chi connectivity index (χ1n) is 7.78. The van der Waals surface area contributed by atoms with Crippen molar-refractivity contribution in [2.24, 2.45) is 0 Å². The molecule has 0 N–H and O–H groups in total. The minimum atomic E-state index is 0.0915. The third-order valence-corrected chi connectivity index (χ3v) is 4.22. The highest BCUT2D eigenvalue weighted by atomic mass is 16.5. The second kappa shape index (κ2) is 6.94. The zero-order chi connectivity index (χ0) is 16.2. The molecule has 4 heteroatoms. The standard InChI is InChI=1S/C19H22N2O2/c1-14-15-8-4-5-10-18(15)23-19(14)12-21(2)17(13-22-3)16-9-6-7-11-20-16/h4-11,17H,12-13H2,1-3H3. The van der Waals surface area contributed by atoms with Crippen LogP contribution in [0.15, 0.2) is 53.1 Å². The maximum Gasteiger partial charge on any atom is 0.134 e. The Hall–Kier alpha value is -2.17. The quantitative estimate of drug-likeness (QED) is 0.691. The van der Waals surface area contributed by atoms with Crippen molar-refractivity contribution in [1.29, 1.82) is 0 Å². The monoisotopic (exact) mass is 310 g/mol. The van der Waals surface area contributed by atoms with Gasteiger partial charge in [0.2, 0.25) is 0 Å². The molecule has 1 atom stereocenters. The molecule has 0 fully saturated rings. The molecule has 0 aliphatic carbocycles. The number of methoxy groups -OCH3 is 1. The van der Waals surface area contributed by atoms with E-state index in [1.54, 1.807) is 7.11 Å². The van der Waals surface area contributed by atoms with Gasteiger partial charge >= 0.3 is 0 Å². The van der Waals surface area contributed by atoms with Crippen LogP contribution in [0, 0.1) is 6.92 Å². The van der Waals surface area contributed by atoms with E-state index >= 15 is 0 Å². The average Bonchev–Trinajstić information content (AvgIpc) is 2.89. The molecule has 0 aliphatic heterocycles. The van der Waals surface area contributed by atoms with Crippen molar-refractivity contribution in [1.82, 2.24) is 9.88 Å². The number of nitrogens with zero attached hydrogens (tertiary/aromatic N) is 2. The molecule has 0 amide bonds. The van der Waals surface area contributed by atoms with Gasteiger partial charge in [-0.1, -0.05) is 24.3 Å². The number of furan rings is 1. The van der Waals surface area contributed by atoms with Crippen LogP contribution in [0.3, 0.4) is 0 Å². The number of aryl methyl sites for hydroxylation is 1. The van der Waals surface area contributed by atoms with E-state index in [0.717, 1.165) is 17.0 Å². The third kappa shape index (κ3) is 3.28. The summed E-state index contributed by atoms with van der Waals surface area (Å²) in [4.78, 5) is 6.69. The molecule has 23 heavy (non-hydrogen) atoms. The fourth-order valence-corrected chi connectivity index (χ4v) is 2.88. The van der Waals surface area contributed by atoms with E-state index in [-0.39, 0.29) is 6.04 Å². The Kier molecular flexibility index (Phi) is 4.74. The molecular weight excluding hydrogens is 288 g/mol. The lowest BCUT2D eigenvalue weighted by Crippen LogP contribution is -2.28. The summed E-state index contributed by atoms with van der Waals surface area (Å²) in [7, 11) is 3.79. The Bertz CT molecular complexity index is 767. The van der Waals surface area contributed by atoms with E-state index in [2.05, 4.69) is 29.9 Å². The average molecular weight is 310 g/mol. The molecule has 2 heterocycles. The van der Waals surface area contributed by atoms with Gasteiger partial charge in [0, 0.05) is 18.7 Å². The normalized spacial score (nSPS) is 12.9. The number of aromatic nitrogens is 1. The molecule has 0 aliphatic rings. The summed E-state index contributed by atoms with van der Waals surface area (Å²) in [6.45, 7) is 3.42. The molecule has 3 aromatic rings. The van der Waals surface area contributed by atoms with Gasteiger partial charge in [-0.25, -0.2) is 0 Å². The predicted molar refractivity (Wildman–Crippen MR) is 91.3 cm³/mol. The van der Waals surface area contributed by atoms with Gasteiger partial charge in [0.05, 0.1) is 24.9 Å². The number of fused-ring (bicyclic) bond motifs is 1. The van der Waals surface area contributed by atoms with Crippen LogP contribution in [0.5, 0.6) is 0 Å². The molecule has 0 saturated carbocycles. The van der Waals surface area contributed by atoms with Crippen molar-refractivity contribution < 1.29 is 9.15 Å². The molecular formula is C19H22N2O2. The number of likely N-dealkylation sites (N-methyl/N-ethyl adjacent to an activating group) is 1. The predicted octanol–water partition coefficient (Wildman–Crippen LogP) is 3.96. The molecule has 4 nitrogen and oxygen atoms in total. The molecule has 3 rings (SSSR count). The van der Waals surface area contributed by atoms with Gasteiger partial charge in [-0.05, 0) is 37.7 Å². The Morgan fingerprint density at radius 2 is 1.96 bits per heavy atom. The largest absolute Gasteiger partial charge is 0.459 e. The highest BCUT2D eigenvalue weighted by molar-refractivity contribution is 5.81. The summed E-state index contributed by atoms with van der Waals surface area (Å²) < 4.78 is 11.4. The van der Waals surface area contributed by atoms with Crippen LogP contribution in [-0.4, -0.2) is 30.6 Å². The molecule has 0 saturated heterocycles. The molecule has 2 aromatic heterocycles. The van der Waals surface area contributed by atoms with Crippen molar-refractivity contribution in [2.75, 3.05) is 20.8 Å². The zero-order valence-electron chi connectivity index (χ0n) is 13.8. The smallest absolute Gasteiger partial charge is 0.134 e. The van der Waals surface area contributed by atoms with E-state index in [1.165, 1.54) is 10.9 Å². The van der Waals surface area contributed by atoms with Crippen LogP contribution < -0.4 is 0 Å². The second-order valence-electron chi connectivity index (χ2n) is 5.79. The lowest BCUT2D eigenvalue weighted by Gasteiger charge is -2.26. The van der Waals surface area contributed by atoms with Crippen LogP contribution in [0.4, 0.5) is 0 Å². The van der Waals surface area contributed by atoms with E-state index in [0.29, 0.717) is 13.2 Å². The van der Waals surface area contributed by atoms with Crippen molar-refractivity contribution in [2.45, 2.75) is 19.5 Å². The van der Waals surface area contributed by atoms with Crippen molar-refractivity contribution >= 4 is 11.0 Å². The number of ether oxygens (including phenoxy) is 1. The van der Waals surface area contributed by atoms with Crippen LogP contribution in [-0.2, 0) is 11.3 Å². The Morgan fingerprint density at radius 3 is 2.65 bits per heavy atom. The molecule has 0 radical (unpaired) electrons. The van der Waals surface area contributed by atoms with Gasteiger partial charge in [0.1, 0.15) is 11.3 Å². The van der Waals surface area contributed by atoms with Crippen LogP contribution >= 0.6 is 0 Å². The molecule has 120 valence electrons. The van der Waals surface area contributed by atoms with E-state index in [1.807, 2.05) is 42.6 Å². The van der Waals surface area contributed by atoms with Gasteiger partial charge in [0.15, 0.2) is 0 Å². The van der Waals surface area contributed by atoms with Crippen molar-refractivity contribution in [3.05, 3.63) is 65.7 Å². The van der Waals surface area contributed by atoms with E-state index in [9.17, 15) is 0 Å². The lowest BCUT2D eigenvalue weighted by atomic mass is 10.1. The van der Waals surface area contributed by atoms with Gasteiger partial charge < -0.3 is 9.15 Å².